The van der Waals surface area contributed by atoms with Crippen molar-refractivity contribution in [1.82, 2.24) is 5.32 Å². The first kappa shape index (κ1) is 19.6. The number of alkyl halides is 1. The zero-order chi connectivity index (χ0) is 18.0. The van der Waals surface area contributed by atoms with Gasteiger partial charge in [-0.3, -0.25) is 10.1 Å². The Labute approximate surface area is 146 Å². The number of nitro groups is 1. The van der Waals surface area contributed by atoms with Gasteiger partial charge in [-0.05, 0) is 32.9 Å². The van der Waals surface area contributed by atoms with E-state index < -0.39 is 32.9 Å². The van der Waals surface area contributed by atoms with Gasteiger partial charge in [0.2, 0.25) is 0 Å². The van der Waals surface area contributed by atoms with Crippen LogP contribution in [0, 0.1) is 15.9 Å². The van der Waals surface area contributed by atoms with Gasteiger partial charge in [0.1, 0.15) is 17.5 Å². The fourth-order valence-corrected chi connectivity index (χ4v) is 2.40. The fraction of sp³-hybridized carbons (Fsp3) is 0.500. The molecule has 0 aliphatic heterocycles. The molecule has 23 heavy (non-hydrogen) atoms. The summed E-state index contributed by atoms with van der Waals surface area (Å²) in [4.78, 5) is 22.6. The first-order valence-corrected chi connectivity index (χ1v) is 7.80. The van der Waals surface area contributed by atoms with Gasteiger partial charge in [0.15, 0.2) is 0 Å². The van der Waals surface area contributed by atoms with Crippen LogP contribution in [0.2, 0.25) is 5.02 Å². The summed E-state index contributed by atoms with van der Waals surface area (Å²) in [6.07, 6.45) is -0.922. The monoisotopic (exact) mass is 410 g/mol. The number of carbonyl (C=O) groups excluding carboxylic acids is 1. The largest absolute Gasteiger partial charge is 0.444 e. The van der Waals surface area contributed by atoms with Crippen molar-refractivity contribution in [1.29, 1.82) is 0 Å². The number of ether oxygens (including phenoxy) is 1. The second-order valence-electron chi connectivity index (χ2n) is 6.00. The van der Waals surface area contributed by atoms with Crippen LogP contribution in [0.3, 0.4) is 0 Å². The molecule has 6 nitrogen and oxygen atoms in total. The smallest absolute Gasteiger partial charge is 0.408 e. The second kappa shape index (κ2) is 7.00. The minimum Gasteiger partial charge on any atom is -0.444 e. The van der Waals surface area contributed by atoms with Crippen LogP contribution in [0.1, 0.15) is 39.3 Å². The minimum absolute atomic E-state index is 0.0430. The Bertz CT molecular complexity index is 599. The van der Waals surface area contributed by atoms with Crippen LogP contribution in [0.25, 0.3) is 0 Å². The van der Waals surface area contributed by atoms with E-state index in [9.17, 15) is 19.3 Å². The first-order chi connectivity index (χ1) is 10.4. The predicted molar refractivity (Wildman–Crippen MR) is 87.8 cm³/mol. The molecule has 0 bridgehead atoms. The van der Waals surface area contributed by atoms with Gasteiger partial charge in [0.25, 0.3) is 4.45 Å². The van der Waals surface area contributed by atoms with Gasteiger partial charge in [0.05, 0.1) is 0 Å². The van der Waals surface area contributed by atoms with Crippen LogP contribution < -0.4 is 5.32 Å². The molecular weight excluding hydrogens is 395 g/mol. The Morgan fingerprint density at radius 2 is 2.00 bits per heavy atom. The van der Waals surface area contributed by atoms with Crippen LogP contribution in [0.15, 0.2) is 18.2 Å². The molecule has 128 valence electrons. The summed E-state index contributed by atoms with van der Waals surface area (Å²) in [7, 11) is 0. The third-order valence-corrected chi connectivity index (χ3v) is 3.91. The van der Waals surface area contributed by atoms with E-state index in [0.29, 0.717) is 0 Å². The van der Waals surface area contributed by atoms with Crippen molar-refractivity contribution in [2.75, 3.05) is 0 Å². The zero-order valence-electron chi connectivity index (χ0n) is 13.0. The van der Waals surface area contributed by atoms with Gasteiger partial charge in [0, 0.05) is 38.4 Å². The molecule has 0 aromatic heterocycles. The standard InChI is InChI=1S/C14H17BrClFN2O4/c1-13(2,3)23-12(20)18-11(14(4,15)19(21)22)10-8(16)6-5-7-9(10)17/h5-7,11H,1-4H3,(H,18,20)/t11-,14+/m1/s1. The number of alkyl carbamates (subject to hydrolysis) is 1. The molecule has 0 heterocycles. The summed E-state index contributed by atoms with van der Waals surface area (Å²) in [6.45, 7) is 6.10. The third kappa shape index (κ3) is 5.04. The minimum atomic E-state index is -1.89. The highest BCUT2D eigenvalue weighted by molar-refractivity contribution is 9.10. The molecule has 1 N–H and O–H groups in total. The van der Waals surface area contributed by atoms with Gasteiger partial charge in [-0.25, -0.2) is 9.18 Å². The lowest BCUT2D eigenvalue weighted by molar-refractivity contribution is -0.536. The molecule has 1 aromatic carbocycles. The number of carbonyl (C=O) groups is 1. The molecule has 0 aliphatic rings. The number of rotatable bonds is 4. The Balaban J connectivity index is 3.29. The Morgan fingerprint density at radius 3 is 2.43 bits per heavy atom. The molecule has 0 saturated carbocycles. The Kier molecular flexibility index (Phi) is 5.98. The Morgan fingerprint density at radius 1 is 1.43 bits per heavy atom. The van der Waals surface area contributed by atoms with Gasteiger partial charge in [-0.15, -0.1) is 0 Å². The van der Waals surface area contributed by atoms with Crippen molar-refractivity contribution in [3.8, 4) is 0 Å². The number of nitrogens with one attached hydrogen (secondary N) is 1. The SMILES string of the molecule is CC(C)(C)OC(=O)N[C@H](c1c(F)cccc1Cl)[C@@](C)(Br)[N+](=O)[O-]. The molecule has 1 rings (SSSR count). The molecule has 0 aliphatic carbocycles. The van der Waals surface area contributed by atoms with E-state index in [4.69, 9.17) is 16.3 Å². The van der Waals surface area contributed by atoms with Crippen LogP contribution in [-0.4, -0.2) is 21.1 Å². The first-order valence-electron chi connectivity index (χ1n) is 6.63. The molecular formula is C14H17BrClFN2O4. The molecule has 2 atom stereocenters. The van der Waals surface area contributed by atoms with Gasteiger partial charge >= 0.3 is 6.09 Å². The maximum atomic E-state index is 14.2. The molecule has 0 fully saturated rings. The van der Waals surface area contributed by atoms with Crippen molar-refractivity contribution in [3.63, 3.8) is 0 Å². The third-order valence-electron chi connectivity index (χ3n) is 2.83. The van der Waals surface area contributed by atoms with E-state index in [1.54, 1.807) is 20.8 Å². The summed E-state index contributed by atoms with van der Waals surface area (Å²) in [5.74, 6) is -0.772. The predicted octanol–water partition coefficient (Wildman–Crippen LogP) is 4.43. The number of halogens is 3. The highest BCUT2D eigenvalue weighted by Gasteiger charge is 2.47. The van der Waals surface area contributed by atoms with Crippen LogP contribution in [-0.2, 0) is 4.74 Å². The highest BCUT2D eigenvalue weighted by atomic mass is 79.9. The van der Waals surface area contributed by atoms with Gasteiger partial charge < -0.3 is 10.1 Å². The topological polar surface area (TPSA) is 81.5 Å². The number of benzene rings is 1. The number of hydrogen-bond acceptors (Lipinski definition) is 4. The fourth-order valence-electron chi connectivity index (χ4n) is 1.78. The molecule has 0 unspecified atom stereocenters. The van der Waals surface area contributed by atoms with Crippen molar-refractivity contribution < 1.29 is 18.8 Å². The number of hydrogen-bond donors (Lipinski definition) is 1. The van der Waals surface area contributed by atoms with Gasteiger partial charge in [-0.1, -0.05) is 17.7 Å². The molecule has 9 heteroatoms. The lowest BCUT2D eigenvalue weighted by Gasteiger charge is -2.29. The van der Waals surface area contributed by atoms with Crippen molar-refractivity contribution in [2.24, 2.45) is 0 Å². The molecule has 0 radical (unpaired) electrons. The maximum Gasteiger partial charge on any atom is 0.408 e. The summed E-state index contributed by atoms with van der Waals surface area (Å²) in [6, 6.07) is 2.46. The zero-order valence-corrected chi connectivity index (χ0v) is 15.4. The van der Waals surface area contributed by atoms with Crippen molar-refractivity contribution in [3.05, 3.63) is 44.7 Å². The molecule has 0 saturated heterocycles. The molecule has 1 amide bonds. The van der Waals surface area contributed by atoms with Crippen LogP contribution in [0.4, 0.5) is 9.18 Å². The van der Waals surface area contributed by atoms with Crippen LogP contribution >= 0.6 is 27.5 Å². The number of amides is 1. The summed E-state index contributed by atoms with van der Waals surface area (Å²) >= 11 is 8.91. The lowest BCUT2D eigenvalue weighted by atomic mass is 10.00. The quantitative estimate of drug-likeness (QED) is 0.344. The summed E-state index contributed by atoms with van der Waals surface area (Å²) in [5.41, 5.74) is -1.01. The summed E-state index contributed by atoms with van der Waals surface area (Å²) in [5, 5.41) is 13.6. The highest BCUT2D eigenvalue weighted by Crippen LogP contribution is 2.38. The van der Waals surface area contributed by atoms with E-state index in [2.05, 4.69) is 21.2 Å². The average Bonchev–Trinajstić information content (AvgIpc) is 2.34. The van der Waals surface area contributed by atoms with Gasteiger partial charge in [-0.2, -0.15) is 0 Å². The van der Waals surface area contributed by atoms with E-state index in [1.807, 2.05) is 0 Å². The normalized spacial score (nSPS) is 15.4. The van der Waals surface area contributed by atoms with E-state index in [-0.39, 0.29) is 10.6 Å². The summed E-state index contributed by atoms with van der Waals surface area (Å²) < 4.78 is 17.4. The lowest BCUT2D eigenvalue weighted by Crippen LogP contribution is -2.47. The van der Waals surface area contributed by atoms with E-state index >= 15 is 0 Å². The second-order valence-corrected chi connectivity index (χ2v) is 8.01. The molecule has 1 aromatic rings. The van der Waals surface area contributed by atoms with Crippen molar-refractivity contribution in [2.45, 2.75) is 43.8 Å². The maximum absolute atomic E-state index is 14.2. The molecule has 0 spiro atoms. The average molecular weight is 412 g/mol. The van der Waals surface area contributed by atoms with E-state index in [1.165, 1.54) is 19.1 Å². The Hall–Kier alpha value is -1.41. The van der Waals surface area contributed by atoms with E-state index in [0.717, 1.165) is 6.07 Å². The van der Waals surface area contributed by atoms with Crippen LogP contribution in [0.5, 0.6) is 0 Å². The van der Waals surface area contributed by atoms with Crippen molar-refractivity contribution >= 4 is 33.6 Å². The number of nitrogens with zero attached hydrogens (tertiary/aromatic N) is 1.